The van der Waals surface area contributed by atoms with Gasteiger partial charge in [0.05, 0.1) is 7.11 Å². The van der Waals surface area contributed by atoms with E-state index in [1.54, 1.807) is 7.11 Å². The largest absolute Gasteiger partial charge is 0.481 e. The highest BCUT2D eigenvalue weighted by molar-refractivity contribution is 6.30. The predicted octanol–water partition coefficient (Wildman–Crippen LogP) is 1.09. The normalized spacial score (nSPS) is 10.7. The van der Waals surface area contributed by atoms with Gasteiger partial charge in [-0.3, -0.25) is 0 Å². The van der Waals surface area contributed by atoms with Gasteiger partial charge >= 0.3 is 0 Å². The number of hydrogen-bond donors (Lipinski definition) is 0. The second-order valence-corrected chi connectivity index (χ2v) is 2.87. The van der Waals surface area contributed by atoms with Crippen LogP contribution in [0.5, 0.6) is 5.88 Å². The van der Waals surface area contributed by atoms with Crippen LogP contribution in [0.2, 0.25) is 5.15 Å². The van der Waals surface area contributed by atoms with Crippen molar-refractivity contribution >= 4 is 17.4 Å². The van der Waals surface area contributed by atoms with Crippen molar-refractivity contribution in [1.82, 2.24) is 19.6 Å². The van der Waals surface area contributed by atoms with Crippen LogP contribution < -0.4 is 4.74 Å². The van der Waals surface area contributed by atoms with Crippen molar-refractivity contribution in [3.8, 4) is 5.88 Å². The number of aromatic nitrogens is 4. The van der Waals surface area contributed by atoms with Gasteiger partial charge in [0.2, 0.25) is 5.88 Å². The molecular formula is C7H7ClN4O. The minimum absolute atomic E-state index is 0.386. The molecule has 0 atom stereocenters. The lowest BCUT2D eigenvalue weighted by molar-refractivity contribution is 0.381. The quantitative estimate of drug-likeness (QED) is 0.644. The summed E-state index contributed by atoms with van der Waals surface area (Å²) in [6.07, 6.45) is 1.40. The van der Waals surface area contributed by atoms with Crippen molar-refractivity contribution in [2.45, 2.75) is 6.92 Å². The van der Waals surface area contributed by atoms with E-state index in [1.165, 1.54) is 10.8 Å². The second-order valence-electron chi connectivity index (χ2n) is 2.51. The van der Waals surface area contributed by atoms with Crippen LogP contribution in [-0.2, 0) is 0 Å². The first-order chi connectivity index (χ1) is 6.24. The molecule has 0 unspecified atom stereocenters. The van der Waals surface area contributed by atoms with Crippen molar-refractivity contribution in [1.29, 1.82) is 0 Å². The lowest BCUT2D eigenvalue weighted by atomic mass is 10.4. The molecule has 0 amide bonds. The van der Waals surface area contributed by atoms with Gasteiger partial charge in [-0.05, 0) is 6.92 Å². The van der Waals surface area contributed by atoms with Gasteiger partial charge in [0.1, 0.15) is 11.5 Å². The summed E-state index contributed by atoms with van der Waals surface area (Å²) in [7, 11) is 1.56. The molecular weight excluding hydrogens is 192 g/mol. The highest BCUT2D eigenvalue weighted by Crippen LogP contribution is 2.23. The number of rotatable bonds is 1. The second kappa shape index (κ2) is 2.85. The average molecular weight is 199 g/mol. The molecule has 13 heavy (non-hydrogen) atoms. The molecule has 6 heteroatoms. The van der Waals surface area contributed by atoms with E-state index in [1.807, 2.05) is 6.92 Å². The standard InChI is InChI=1S/C7H7ClN4O/c1-4-5(8)11-7-9-3-10-12(7)6(4)13-2/h3H,1-2H3. The van der Waals surface area contributed by atoms with Crippen molar-refractivity contribution in [2.24, 2.45) is 0 Å². The van der Waals surface area contributed by atoms with Gasteiger partial charge in [-0.15, -0.1) is 0 Å². The number of methoxy groups -OCH3 is 1. The van der Waals surface area contributed by atoms with Crippen molar-refractivity contribution in [3.05, 3.63) is 17.0 Å². The summed E-state index contributed by atoms with van der Waals surface area (Å²) in [4.78, 5) is 7.92. The molecule has 2 aromatic rings. The number of hydrogen-bond acceptors (Lipinski definition) is 4. The lowest BCUT2D eigenvalue weighted by Crippen LogP contribution is -2.01. The first-order valence-corrected chi connectivity index (χ1v) is 4.01. The summed E-state index contributed by atoms with van der Waals surface area (Å²) in [6, 6.07) is 0. The van der Waals surface area contributed by atoms with Crippen LogP contribution in [0.1, 0.15) is 5.56 Å². The van der Waals surface area contributed by atoms with Crippen LogP contribution in [0.25, 0.3) is 5.78 Å². The molecule has 0 aliphatic carbocycles. The van der Waals surface area contributed by atoms with Crippen LogP contribution in [0, 0.1) is 6.92 Å². The number of halogens is 1. The highest BCUT2D eigenvalue weighted by Gasteiger charge is 2.11. The zero-order chi connectivity index (χ0) is 9.42. The Hall–Kier alpha value is -1.36. The molecule has 5 nitrogen and oxygen atoms in total. The van der Waals surface area contributed by atoms with E-state index < -0.39 is 0 Å². The fourth-order valence-corrected chi connectivity index (χ4v) is 1.27. The average Bonchev–Trinajstić information content (AvgIpc) is 2.54. The molecule has 0 aliphatic rings. The van der Waals surface area contributed by atoms with Crippen molar-refractivity contribution < 1.29 is 4.74 Å². The molecule has 2 rings (SSSR count). The third-order valence-electron chi connectivity index (χ3n) is 1.74. The van der Waals surface area contributed by atoms with Gasteiger partial charge in [-0.2, -0.15) is 19.6 Å². The number of ether oxygens (including phenoxy) is 1. The molecule has 68 valence electrons. The molecule has 0 saturated carbocycles. The van der Waals surface area contributed by atoms with E-state index in [4.69, 9.17) is 16.3 Å². The third kappa shape index (κ3) is 1.12. The predicted molar refractivity (Wildman–Crippen MR) is 47.1 cm³/mol. The molecule has 0 spiro atoms. The molecule has 0 aromatic carbocycles. The Kier molecular flexibility index (Phi) is 1.81. The zero-order valence-electron chi connectivity index (χ0n) is 7.15. The summed E-state index contributed by atoms with van der Waals surface area (Å²) in [5, 5.41) is 4.34. The number of nitrogens with zero attached hydrogens (tertiary/aromatic N) is 4. The SMILES string of the molecule is COc1c(C)c(Cl)nc2ncnn12. The smallest absolute Gasteiger partial charge is 0.256 e. The van der Waals surface area contributed by atoms with Gasteiger partial charge in [0.15, 0.2) is 0 Å². The first kappa shape index (κ1) is 8.25. The molecule has 0 aliphatic heterocycles. The highest BCUT2D eigenvalue weighted by atomic mass is 35.5. The summed E-state index contributed by atoms with van der Waals surface area (Å²) in [6.45, 7) is 1.81. The molecule has 0 fully saturated rings. The summed E-state index contributed by atoms with van der Waals surface area (Å²) in [5.41, 5.74) is 0.752. The monoisotopic (exact) mass is 198 g/mol. The van der Waals surface area contributed by atoms with Gasteiger partial charge in [-0.25, -0.2) is 0 Å². The molecule has 0 bridgehead atoms. The van der Waals surface area contributed by atoms with E-state index in [9.17, 15) is 0 Å². The lowest BCUT2D eigenvalue weighted by Gasteiger charge is -2.06. The fraction of sp³-hybridized carbons (Fsp3) is 0.286. The van der Waals surface area contributed by atoms with Crippen molar-refractivity contribution in [2.75, 3.05) is 7.11 Å². The molecule has 0 N–H and O–H groups in total. The third-order valence-corrected chi connectivity index (χ3v) is 2.11. The van der Waals surface area contributed by atoms with Crippen LogP contribution in [0.3, 0.4) is 0 Å². The summed E-state index contributed by atoms with van der Waals surface area (Å²) in [5.74, 6) is 1.000. The maximum atomic E-state index is 5.86. The molecule has 2 heterocycles. The maximum Gasteiger partial charge on any atom is 0.256 e. The van der Waals surface area contributed by atoms with Crippen LogP contribution in [0.15, 0.2) is 6.33 Å². The maximum absolute atomic E-state index is 5.86. The van der Waals surface area contributed by atoms with Gasteiger partial charge < -0.3 is 4.74 Å². The van der Waals surface area contributed by atoms with Gasteiger partial charge in [0, 0.05) is 5.56 Å². The Morgan fingerprint density at radius 2 is 2.31 bits per heavy atom. The van der Waals surface area contributed by atoms with E-state index in [2.05, 4.69) is 15.1 Å². The molecule has 2 aromatic heterocycles. The van der Waals surface area contributed by atoms with E-state index in [0.29, 0.717) is 16.8 Å². The summed E-state index contributed by atoms with van der Waals surface area (Å²) >= 11 is 5.86. The van der Waals surface area contributed by atoms with Crippen LogP contribution in [-0.4, -0.2) is 26.7 Å². The van der Waals surface area contributed by atoms with Crippen LogP contribution in [0.4, 0.5) is 0 Å². The minimum atomic E-state index is 0.386. The Morgan fingerprint density at radius 1 is 1.54 bits per heavy atom. The molecule has 0 radical (unpaired) electrons. The van der Waals surface area contributed by atoms with Gasteiger partial charge in [-0.1, -0.05) is 11.6 Å². The Balaban J connectivity index is 2.87. The van der Waals surface area contributed by atoms with Crippen LogP contribution >= 0.6 is 11.6 Å². The van der Waals surface area contributed by atoms with Crippen molar-refractivity contribution in [3.63, 3.8) is 0 Å². The topological polar surface area (TPSA) is 52.3 Å². The molecule has 0 saturated heterocycles. The first-order valence-electron chi connectivity index (χ1n) is 3.64. The van der Waals surface area contributed by atoms with E-state index >= 15 is 0 Å². The Labute approximate surface area is 79.3 Å². The summed E-state index contributed by atoms with van der Waals surface area (Å²) < 4.78 is 6.63. The zero-order valence-corrected chi connectivity index (χ0v) is 7.91. The van der Waals surface area contributed by atoms with E-state index in [0.717, 1.165) is 5.56 Å². The fourth-order valence-electron chi connectivity index (χ4n) is 1.11. The Bertz CT molecular complexity index is 453. The minimum Gasteiger partial charge on any atom is -0.481 e. The number of fused-ring (bicyclic) bond motifs is 1. The Morgan fingerprint density at radius 3 is 3.00 bits per heavy atom. The van der Waals surface area contributed by atoms with E-state index in [-0.39, 0.29) is 0 Å². The van der Waals surface area contributed by atoms with Gasteiger partial charge in [0.25, 0.3) is 5.78 Å².